The van der Waals surface area contributed by atoms with Gasteiger partial charge in [0.25, 0.3) is 5.91 Å². The van der Waals surface area contributed by atoms with Gasteiger partial charge in [-0.1, -0.05) is 33.1 Å². The second-order valence-corrected chi connectivity index (χ2v) is 12.1. The number of carbonyl (C=O) groups excluding carboxylic acids is 2. The zero-order valence-electron chi connectivity index (χ0n) is 23.1. The highest BCUT2D eigenvalue weighted by atomic mass is 35.5. The minimum Gasteiger partial charge on any atom is -0.383 e. The minimum absolute atomic E-state index is 0.0257. The number of hydrogen-bond donors (Lipinski definition) is 1. The van der Waals surface area contributed by atoms with Crippen molar-refractivity contribution in [2.75, 3.05) is 47.1 Å². The van der Waals surface area contributed by atoms with Gasteiger partial charge in [0.1, 0.15) is 0 Å². The number of amides is 2. The Balaban J connectivity index is 1.76. The van der Waals surface area contributed by atoms with E-state index in [0.717, 1.165) is 57.3 Å². The third kappa shape index (κ3) is 6.69. The summed E-state index contributed by atoms with van der Waals surface area (Å²) in [5.41, 5.74) is 0.308. The molecule has 6 unspecified atom stereocenters. The van der Waals surface area contributed by atoms with Gasteiger partial charge in [0, 0.05) is 56.9 Å². The molecule has 0 saturated heterocycles. The van der Waals surface area contributed by atoms with Crippen molar-refractivity contribution in [3.8, 4) is 0 Å². The molecular weight excluding hydrogens is 478 g/mol. The van der Waals surface area contributed by atoms with E-state index in [1.54, 1.807) is 14.2 Å². The Kier molecular flexibility index (Phi) is 11.2. The number of aliphatic imine (C=N–C) groups is 1. The van der Waals surface area contributed by atoms with Crippen molar-refractivity contribution >= 4 is 29.1 Å². The van der Waals surface area contributed by atoms with Crippen LogP contribution in [0.15, 0.2) is 4.99 Å². The molecule has 3 rings (SSSR count). The van der Waals surface area contributed by atoms with Crippen molar-refractivity contribution in [1.82, 2.24) is 10.2 Å². The van der Waals surface area contributed by atoms with Crippen molar-refractivity contribution in [3.63, 3.8) is 0 Å². The maximum absolute atomic E-state index is 13.7. The summed E-state index contributed by atoms with van der Waals surface area (Å²) < 4.78 is 10.7. The summed E-state index contributed by atoms with van der Waals surface area (Å²) >= 11 is 6.75. The molecule has 0 spiro atoms. The van der Waals surface area contributed by atoms with Crippen molar-refractivity contribution < 1.29 is 19.1 Å². The quantitative estimate of drug-likeness (QED) is 0.406. The average Bonchev–Trinajstić information content (AvgIpc) is 2.85. The average molecular weight is 526 g/mol. The first-order valence-corrected chi connectivity index (χ1v) is 14.4. The summed E-state index contributed by atoms with van der Waals surface area (Å²) in [6.07, 6.45) is 7.93. The molecule has 2 amide bonds. The number of methoxy groups -OCH3 is 2. The van der Waals surface area contributed by atoms with E-state index in [-0.39, 0.29) is 46.9 Å². The standard InChI is InChI=1S/C28H48ClN3O4/c1-19-15-20(2)31-27(34)28(19,22-9-7-6-8-10-22)18-30-26(33)24-16-23(29)17-25(21(24)3)32(11-13-35-4)12-14-36-5/h19,21-25H,6-18H2,1-5H3,(H,30,33). The Morgan fingerprint density at radius 3 is 2.33 bits per heavy atom. The summed E-state index contributed by atoms with van der Waals surface area (Å²) in [5, 5.41) is 3.21. The second-order valence-electron chi connectivity index (χ2n) is 11.5. The maximum Gasteiger partial charge on any atom is 0.254 e. The molecule has 2 aliphatic carbocycles. The molecule has 0 aromatic carbocycles. The first-order chi connectivity index (χ1) is 17.2. The van der Waals surface area contributed by atoms with Gasteiger partial charge in [0.2, 0.25) is 5.91 Å². The van der Waals surface area contributed by atoms with Gasteiger partial charge in [-0.25, -0.2) is 4.99 Å². The second kappa shape index (κ2) is 13.7. The Hall–Kier alpha value is -1.02. The summed E-state index contributed by atoms with van der Waals surface area (Å²) in [5.74, 6) is 0.392. The molecule has 0 aromatic heterocycles. The van der Waals surface area contributed by atoms with Crippen LogP contribution in [0.5, 0.6) is 0 Å². The third-order valence-electron chi connectivity index (χ3n) is 9.28. The Labute approximate surface area is 223 Å². The van der Waals surface area contributed by atoms with Crippen molar-refractivity contribution in [1.29, 1.82) is 0 Å². The fourth-order valence-electron chi connectivity index (χ4n) is 7.13. The molecule has 8 heteroatoms. The zero-order chi connectivity index (χ0) is 26.3. The summed E-state index contributed by atoms with van der Waals surface area (Å²) in [7, 11) is 3.42. The maximum atomic E-state index is 13.7. The van der Waals surface area contributed by atoms with E-state index in [2.05, 4.69) is 29.1 Å². The summed E-state index contributed by atoms with van der Waals surface area (Å²) in [6.45, 7) is 9.48. The Morgan fingerprint density at radius 1 is 1.11 bits per heavy atom. The van der Waals surface area contributed by atoms with Crippen LogP contribution in [-0.4, -0.2) is 80.9 Å². The first-order valence-electron chi connectivity index (χ1n) is 14.0. The number of alkyl halides is 1. The SMILES string of the molecule is COCCN(CCOC)C1CC(Cl)CC(C(=O)NCC2(C3CCCCC3)C(=O)N=C(C)CC2C)C1C. The van der Waals surface area contributed by atoms with E-state index in [0.29, 0.717) is 26.2 Å². The predicted molar refractivity (Wildman–Crippen MR) is 145 cm³/mol. The van der Waals surface area contributed by atoms with Gasteiger partial charge in [-0.3, -0.25) is 14.5 Å². The van der Waals surface area contributed by atoms with Crippen LogP contribution < -0.4 is 5.32 Å². The highest BCUT2D eigenvalue weighted by molar-refractivity contribution is 6.20. The number of rotatable bonds is 11. The topological polar surface area (TPSA) is 80.2 Å². The van der Waals surface area contributed by atoms with E-state index in [1.165, 1.54) is 6.42 Å². The smallest absolute Gasteiger partial charge is 0.254 e. The van der Waals surface area contributed by atoms with Crippen molar-refractivity contribution in [2.45, 2.75) is 83.6 Å². The Bertz CT molecular complexity index is 764. The molecule has 0 aromatic rings. The lowest BCUT2D eigenvalue weighted by Gasteiger charge is -2.47. The van der Waals surface area contributed by atoms with Crippen LogP contribution in [0.1, 0.15) is 72.1 Å². The normalized spacial score (nSPS) is 34.0. The molecule has 1 N–H and O–H groups in total. The first kappa shape index (κ1) is 29.5. The van der Waals surface area contributed by atoms with Crippen LogP contribution in [0, 0.1) is 29.1 Å². The number of nitrogens with one attached hydrogen (secondary N) is 1. The Morgan fingerprint density at radius 2 is 1.75 bits per heavy atom. The highest BCUT2D eigenvalue weighted by Gasteiger charge is 2.52. The lowest BCUT2D eigenvalue weighted by molar-refractivity contribution is -0.138. The van der Waals surface area contributed by atoms with Gasteiger partial charge >= 0.3 is 0 Å². The van der Waals surface area contributed by atoms with E-state index >= 15 is 0 Å². The molecule has 0 bridgehead atoms. The number of ether oxygens (including phenoxy) is 2. The highest BCUT2D eigenvalue weighted by Crippen LogP contribution is 2.48. The third-order valence-corrected chi connectivity index (χ3v) is 9.64. The molecule has 7 nitrogen and oxygen atoms in total. The fourth-order valence-corrected chi connectivity index (χ4v) is 7.51. The minimum atomic E-state index is -0.601. The monoisotopic (exact) mass is 525 g/mol. The molecular formula is C28H48ClN3O4. The van der Waals surface area contributed by atoms with Gasteiger partial charge in [-0.2, -0.15) is 0 Å². The van der Waals surface area contributed by atoms with E-state index in [4.69, 9.17) is 21.1 Å². The van der Waals surface area contributed by atoms with Crippen LogP contribution >= 0.6 is 11.6 Å². The van der Waals surface area contributed by atoms with E-state index < -0.39 is 5.41 Å². The molecule has 2 saturated carbocycles. The number of hydrogen-bond acceptors (Lipinski definition) is 5. The van der Waals surface area contributed by atoms with Crippen LogP contribution in [0.2, 0.25) is 0 Å². The molecule has 1 heterocycles. The van der Waals surface area contributed by atoms with Crippen LogP contribution in [-0.2, 0) is 19.1 Å². The summed E-state index contributed by atoms with van der Waals surface area (Å²) in [4.78, 5) is 34.0. The largest absolute Gasteiger partial charge is 0.383 e. The van der Waals surface area contributed by atoms with Crippen LogP contribution in [0.25, 0.3) is 0 Å². The lowest BCUT2D eigenvalue weighted by atomic mass is 9.59. The van der Waals surface area contributed by atoms with E-state index in [1.807, 2.05) is 6.92 Å². The van der Waals surface area contributed by atoms with Gasteiger partial charge in [-0.05, 0) is 56.8 Å². The number of halogens is 1. The van der Waals surface area contributed by atoms with Gasteiger partial charge < -0.3 is 14.8 Å². The van der Waals surface area contributed by atoms with Crippen molar-refractivity contribution in [3.05, 3.63) is 0 Å². The molecule has 206 valence electrons. The van der Waals surface area contributed by atoms with Gasteiger partial charge in [0.05, 0.1) is 18.6 Å². The molecule has 3 aliphatic rings. The lowest BCUT2D eigenvalue weighted by Crippen LogP contribution is -2.56. The van der Waals surface area contributed by atoms with E-state index in [9.17, 15) is 9.59 Å². The molecule has 1 aliphatic heterocycles. The molecule has 0 radical (unpaired) electrons. The number of nitrogens with zero attached hydrogens (tertiary/aromatic N) is 2. The molecule has 2 fully saturated rings. The molecule has 6 atom stereocenters. The van der Waals surface area contributed by atoms with Crippen LogP contribution in [0.4, 0.5) is 0 Å². The predicted octanol–water partition coefficient (Wildman–Crippen LogP) is 4.31. The summed E-state index contributed by atoms with van der Waals surface area (Å²) in [6, 6.07) is 0.178. The number of carbonyl (C=O) groups is 2. The van der Waals surface area contributed by atoms with Crippen LogP contribution in [0.3, 0.4) is 0 Å². The zero-order valence-corrected chi connectivity index (χ0v) is 23.8. The van der Waals surface area contributed by atoms with Gasteiger partial charge in [-0.15, -0.1) is 11.6 Å². The van der Waals surface area contributed by atoms with Gasteiger partial charge in [0.15, 0.2) is 0 Å². The fraction of sp³-hybridized carbons (Fsp3) is 0.893. The van der Waals surface area contributed by atoms with Crippen molar-refractivity contribution in [2.24, 2.45) is 34.1 Å². The molecule has 36 heavy (non-hydrogen) atoms.